The van der Waals surface area contributed by atoms with E-state index < -0.39 is 47.2 Å². The Hall–Kier alpha value is -5.59. The van der Waals surface area contributed by atoms with Crippen LogP contribution in [0.2, 0.25) is 19.6 Å². The van der Waals surface area contributed by atoms with Crippen molar-refractivity contribution in [3.8, 4) is 11.5 Å². The molecule has 0 N–H and O–H groups in total. The van der Waals surface area contributed by atoms with Gasteiger partial charge >= 0.3 is 17.9 Å². The van der Waals surface area contributed by atoms with Gasteiger partial charge in [-0.05, 0) is 102 Å². The molecule has 0 fully saturated rings. The van der Waals surface area contributed by atoms with Gasteiger partial charge in [-0.15, -0.1) is 16.6 Å². The lowest BCUT2D eigenvalue weighted by molar-refractivity contribution is -0.384. The number of nitro groups is 1. The normalized spacial score (nSPS) is 14.2. The van der Waals surface area contributed by atoms with Crippen LogP contribution in [0.1, 0.15) is 96.8 Å². The van der Waals surface area contributed by atoms with Crippen molar-refractivity contribution in [3.63, 3.8) is 0 Å². The number of likely N-dealkylation sites (N-methyl/N-ethyl adjacent to an activating group) is 1. The van der Waals surface area contributed by atoms with Gasteiger partial charge in [-0.2, -0.15) is 5.11 Å². The number of hydrogen-bond acceptors (Lipinski definition) is 13. The minimum absolute atomic E-state index is 0.0133. The number of esters is 3. The largest absolute Gasteiger partial charge is 0.469 e. The number of ketones is 1. The summed E-state index contributed by atoms with van der Waals surface area (Å²) in [6.07, 6.45) is 1.78. The molecule has 3 atom stereocenters. The molecular weight excluding hydrogens is 787 g/mol. The van der Waals surface area contributed by atoms with Crippen molar-refractivity contribution in [2.45, 2.75) is 106 Å². The Morgan fingerprint density at radius 1 is 0.883 bits per heavy atom. The zero-order valence-electron chi connectivity index (χ0n) is 36.8. The number of nitrogens with zero attached hydrogens (tertiary/aromatic N) is 7. The lowest BCUT2D eigenvalue weighted by Gasteiger charge is -2.40. The molecule has 0 heterocycles. The first kappa shape index (κ1) is 50.5. The summed E-state index contributed by atoms with van der Waals surface area (Å²) in [6.45, 7) is 18.4. The molecule has 60 heavy (non-hydrogen) atoms. The zero-order valence-corrected chi connectivity index (χ0v) is 37.8. The highest BCUT2D eigenvalue weighted by molar-refractivity contribution is 6.83. The maximum Gasteiger partial charge on any atom is 0.311 e. The van der Waals surface area contributed by atoms with Crippen LogP contribution in [0.5, 0.6) is 0 Å². The molecule has 0 aliphatic carbocycles. The molecule has 2 aromatic rings. The summed E-state index contributed by atoms with van der Waals surface area (Å²) in [5.74, 6) is 1.29. The van der Waals surface area contributed by atoms with Crippen LogP contribution in [-0.4, -0.2) is 76.6 Å². The van der Waals surface area contributed by atoms with E-state index in [1.165, 1.54) is 25.3 Å². The Balaban J connectivity index is 2.12. The molecule has 0 saturated heterocycles. The van der Waals surface area contributed by atoms with Crippen molar-refractivity contribution in [2.75, 3.05) is 44.9 Å². The van der Waals surface area contributed by atoms with Crippen molar-refractivity contribution < 1.29 is 38.3 Å². The van der Waals surface area contributed by atoms with E-state index in [4.69, 9.17) is 19.7 Å². The lowest BCUT2D eigenvalue weighted by atomic mass is 9.64. The summed E-state index contributed by atoms with van der Waals surface area (Å²) in [5.41, 5.74) is 9.47. The van der Waals surface area contributed by atoms with E-state index in [-0.39, 0.29) is 61.7 Å². The number of carbonyl (C=O) groups excluding carboxylic acids is 4. The number of anilines is 1. The van der Waals surface area contributed by atoms with Crippen molar-refractivity contribution in [1.29, 1.82) is 0 Å². The number of rotatable bonds is 24. The van der Waals surface area contributed by atoms with E-state index in [0.717, 1.165) is 5.69 Å². The molecule has 0 saturated carbocycles. The lowest BCUT2D eigenvalue weighted by Crippen LogP contribution is -2.45. The Bertz CT molecular complexity index is 1970. The summed E-state index contributed by atoms with van der Waals surface area (Å²) in [7, 11) is -0.283. The molecule has 16 nitrogen and oxygen atoms in total. The van der Waals surface area contributed by atoms with E-state index in [9.17, 15) is 29.3 Å². The summed E-state index contributed by atoms with van der Waals surface area (Å²) in [6, 6.07) is 11.2. The Labute approximate surface area is 354 Å². The van der Waals surface area contributed by atoms with Crippen molar-refractivity contribution >= 4 is 54.5 Å². The smallest absolute Gasteiger partial charge is 0.311 e. The Morgan fingerprint density at radius 2 is 1.48 bits per heavy atom. The molecule has 2 rings (SSSR count). The monoisotopic (exact) mass is 847 g/mol. The summed E-state index contributed by atoms with van der Waals surface area (Å²) >= 11 is 0. The van der Waals surface area contributed by atoms with Crippen molar-refractivity contribution in [3.05, 3.63) is 68.6 Å². The van der Waals surface area contributed by atoms with Gasteiger partial charge in [0.2, 0.25) is 0 Å². The van der Waals surface area contributed by atoms with Crippen molar-refractivity contribution in [2.24, 2.45) is 31.6 Å². The maximum atomic E-state index is 13.7. The molecule has 0 radical (unpaired) electrons. The topological polar surface area (TPSA) is 216 Å². The molecule has 0 aliphatic heterocycles. The van der Waals surface area contributed by atoms with Crippen LogP contribution >= 0.6 is 0 Å². The second-order valence-electron chi connectivity index (χ2n) is 16.5. The fourth-order valence-corrected chi connectivity index (χ4v) is 7.34. The third-order valence-electron chi connectivity index (χ3n) is 10.4. The fourth-order valence-electron chi connectivity index (χ4n) is 6.69. The molecule has 3 unspecified atom stereocenters. The molecule has 0 aliphatic rings. The average Bonchev–Trinajstić information content (AvgIpc) is 3.22. The quantitative estimate of drug-likeness (QED) is 0.00832. The molecule has 2 aromatic carbocycles. The van der Waals surface area contributed by atoms with E-state index in [0.29, 0.717) is 44.5 Å². The van der Waals surface area contributed by atoms with Gasteiger partial charge in [0.1, 0.15) is 14.7 Å². The molecule has 0 spiro atoms. The number of nitro benzene ring substituents is 1. The molecular formula is C43H61N7O9Si. The van der Waals surface area contributed by atoms with Gasteiger partial charge in [0.25, 0.3) is 5.69 Å². The number of carbonyl (C=O) groups is 4. The second-order valence-corrected chi connectivity index (χ2v) is 21.3. The number of azide groups is 1. The van der Waals surface area contributed by atoms with Crippen molar-refractivity contribution in [1.82, 2.24) is 0 Å². The average molecular weight is 848 g/mol. The fraction of sp³-hybridized carbons (Fsp3) is 0.581. The first-order chi connectivity index (χ1) is 28.2. The van der Waals surface area contributed by atoms with Crippen LogP contribution in [0.3, 0.4) is 0 Å². The highest BCUT2D eigenvalue weighted by atomic mass is 28.3. The molecule has 17 heteroatoms. The zero-order chi connectivity index (χ0) is 45.1. The van der Waals surface area contributed by atoms with Gasteiger partial charge in [0, 0.05) is 48.2 Å². The molecule has 0 amide bonds. The number of methoxy groups -OCH3 is 1. The molecule has 0 bridgehead atoms. The highest BCUT2D eigenvalue weighted by Gasteiger charge is 2.50. The van der Waals surface area contributed by atoms with Crippen LogP contribution in [0.25, 0.3) is 10.4 Å². The minimum Gasteiger partial charge on any atom is -0.469 e. The molecule has 326 valence electrons. The van der Waals surface area contributed by atoms with Gasteiger partial charge in [-0.1, -0.05) is 38.6 Å². The maximum absolute atomic E-state index is 13.7. The Morgan fingerprint density at radius 3 is 2.00 bits per heavy atom. The van der Waals surface area contributed by atoms with Gasteiger partial charge in [-0.3, -0.25) is 29.3 Å². The SMILES string of the molecule is CCN(CCOC(=O)C(C)(CC)CC(C)(CC(C)(CC)C(=O)OCCCN=[N+]=[N-])C(=O)OC)c1ccc(N=Nc2ccc(C(=O)CCC#C[Si](C)(C)C)cc2[N+](=O)[O-])cc1. The number of Topliss-reactive ketones (excluding diaryl/α,β-unsaturated/α-hetero) is 1. The standard InChI is InChI=1S/C43H61N7O9Si/c1-11-41(4,39(53)58-26-16-24-45-48-44)30-43(6,38(52)57-7)31-42(5,12-2)40(54)59-27-25-49(13-3)34-21-19-33(20-22-34)46-47-35-23-18-32(29-36(35)50(55)56)37(51)17-14-15-28-60(8,9)10/h18-23,29H,11-14,16-17,24-27,30-31H2,1-10H3. The van der Waals surface area contributed by atoms with Gasteiger partial charge in [-0.25, -0.2) is 0 Å². The number of azo groups is 1. The molecule has 0 aromatic heterocycles. The minimum atomic E-state index is -1.56. The van der Waals surface area contributed by atoms with E-state index in [1.54, 1.807) is 32.9 Å². The van der Waals surface area contributed by atoms with E-state index >= 15 is 0 Å². The third kappa shape index (κ3) is 15.2. The third-order valence-corrected chi connectivity index (χ3v) is 11.3. The predicted octanol–water partition coefficient (Wildman–Crippen LogP) is 10.3. The van der Waals surface area contributed by atoms with Crippen LogP contribution in [0.15, 0.2) is 57.8 Å². The van der Waals surface area contributed by atoms with Gasteiger partial charge in [0.15, 0.2) is 11.5 Å². The number of hydrogen-bond donors (Lipinski definition) is 0. The van der Waals surface area contributed by atoms with E-state index in [1.807, 2.05) is 37.8 Å². The predicted molar refractivity (Wildman–Crippen MR) is 233 cm³/mol. The summed E-state index contributed by atoms with van der Waals surface area (Å²) < 4.78 is 16.5. The number of benzene rings is 2. The van der Waals surface area contributed by atoms with Crippen LogP contribution in [0, 0.1) is 37.8 Å². The van der Waals surface area contributed by atoms with Crippen LogP contribution in [0.4, 0.5) is 22.7 Å². The highest BCUT2D eigenvalue weighted by Crippen LogP contribution is 2.47. The first-order valence-corrected chi connectivity index (χ1v) is 23.7. The number of ether oxygens (including phenoxy) is 3. The summed E-state index contributed by atoms with van der Waals surface area (Å²) in [5, 5.41) is 23.6. The second kappa shape index (κ2) is 23.3. The van der Waals surface area contributed by atoms with Gasteiger partial charge < -0.3 is 19.1 Å². The first-order valence-electron chi connectivity index (χ1n) is 20.2. The Kier molecular flexibility index (Phi) is 19.6. The van der Waals surface area contributed by atoms with Crippen LogP contribution in [-0.2, 0) is 28.6 Å². The summed E-state index contributed by atoms with van der Waals surface area (Å²) in [4.78, 5) is 69.0. The van der Waals surface area contributed by atoms with Gasteiger partial charge in [0.05, 0.1) is 47.1 Å². The van der Waals surface area contributed by atoms with Crippen LogP contribution < -0.4 is 4.90 Å². The van der Waals surface area contributed by atoms with E-state index in [2.05, 4.69) is 51.4 Å².